The molecule has 2 aliphatic rings. The van der Waals surface area contributed by atoms with Crippen LogP contribution in [0.5, 0.6) is 0 Å². The number of anilines is 1. The van der Waals surface area contributed by atoms with Crippen LogP contribution in [-0.2, 0) is 4.79 Å². The number of hydrogen-bond acceptors (Lipinski definition) is 1. The van der Waals surface area contributed by atoms with E-state index in [0.717, 1.165) is 36.1 Å². The van der Waals surface area contributed by atoms with Gasteiger partial charge in [-0.2, -0.15) is 0 Å². The highest BCUT2D eigenvalue weighted by Gasteiger charge is 2.24. The number of hydrogen-bond donors (Lipinski definition) is 1. The summed E-state index contributed by atoms with van der Waals surface area (Å²) >= 11 is 0. The number of benzene rings is 1. The Morgan fingerprint density at radius 1 is 1.24 bits per heavy atom. The molecular formula is C15H15NO. The minimum Gasteiger partial charge on any atom is -0.321 e. The molecule has 0 bridgehead atoms. The van der Waals surface area contributed by atoms with Crippen molar-refractivity contribution in [3.63, 3.8) is 0 Å². The third kappa shape index (κ3) is 1.91. The van der Waals surface area contributed by atoms with Crippen molar-refractivity contribution in [1.82, 2.24) is 0 Å². The van der Waals surface area contributed by atoms with Gasteiger partial charge in [0.2, 0.25) is 0 Å². The van der Waals surface area contributed by atoms with E-state index in [4.69, 9.17) is 0 Å². The molecule has 17 heavy (non-hydrogen) atoms. The molecule has 2 nitrogen and oxygen atoms in total. The van der Waals surface area contributed by atoms with Crippen LogP contribution in [0.1, 0.15) is 24.8 Å². The molecule has 0 spiro atoms. The second kappa shape index (κ2) is 4.21. The molecule has 1 aromatic rings. The van der Waals surface area contributed by atoms with Gasteiger partial charge in [0.1, 0.15) is 0 Å². The van der Waals surface area contributed by atoms with Crippen molar-refractivity contribution in [3.05, 3.63) is 48.1 Å². The van der Waals surface area contributed by atoms with E-state index in [1.165, 1.54) is 0 Å². The molecule has 1 unspecified atom stereocenters. The third-order valence-corrected chi connectivity index (χ3v) is 3.42. The van der Waals surface area contributed by atoms with E-state index in [-0.39, 0.29) is 5.91 Å². The van der Waals surface area contributed by atoms with Gasteiger partial charge in [0.15, 0.2) is 0 Å². The zero-order valence-corrected chi connectivity index (χ0v) is 9.65. The summed E-state index contributed by atoms with van der Waals surface area (Å²) in [5.41, 5.74) is 2.84. The van der Waals surface area contributed by atoms with Gasteiger partial charge in [0.25, 0.3) is 5.91 Å². The second-order valence-electron chi connectivity index (χ2n) is 4.62. The SMILES string of the molecule is O=C1Nc2ccccc2/C1=C/C1CC=CCC1. The lowest BCUT2D eigenvalue weighted by molar-refractivity contribution is -0.110. The molecule has 0 saturated carbocycles. The Morgan fingerprint density at radius 3 is 2.94 bits per heavy atom. The number of rotatable bonds is 1. The molecule has 1 aliphatic carbocycles. The van der Waals surface area contributed by atoms with Crippen molar-refractivity contribution in [2.24, 2.45) is 5.92 Å². The summed E-state index contributed by atoms with van der Waals surface area (Å²) < 4.78 is 0. The average Bonchev–Trinajstić information content (AvgIpc) is 2.68. The van der Waals surface area contributed by atoms with E-state index in [9.17, 15) is 4.79 Å². The van der Waals surface area contributed by atoms with Gasteiger partial charge in [-0.15, -0.1) is 0 Å². The van der Waals surface area contributed by atoms with Crippen LogP contribution in [0, 0.1) is 5.92 Å². The fraction of sp³-hybridized carbons (Fsp3) is 0.267. The first-order chi connectivity index (χ1) is 8.34. The van der Waals surface area contributed by atoms with Crippen molar-refractivity contribution < 1.29 is 4.79 Å². The van der Waals surface area contributed by atoms with Gasteiger partial charge in [0, 0.05) is 16.8 Å². The molecule has 0 radical (unpaired) electrons. The first kappa shape index (κ1) is 10.3. The van der Waals surface area contributed by atoms with E-state index in [1.807, 2.05) is 24.3 Å². The van der Waals surface area contributed by atoms with Crippen molar-refractivity contribution in [2.75, 3.05) is 5.32 Å². The van der Waals surface area contributed by atoms with Gasteiger partial charge in [-0.25, -0.2) is 0 Å². The number of carbonyl (C=O) groups is 1. The van der Waals surface area contributed by atoms with E-state index < -0.39 is 0 Å². The van der Waals surface area contributed by atoms with E-state index in [0.29, 0.717) is 5.92 Å². The van der Waals surface area contributed by atoms with Gasteiger partial charge < -0.3 is 5.32 Å². The van der Waals surface area contributed by atoms with Crippen molar-refractivity contribution in [2.45, 2.75) is 19.3 Å². The van der Waals surface area contributed by atoms with Crippen molar-refractivity contribution in [1.29, 1.82) is 0 Å². The smallest absolute Gasteiger partial charge is 0.256 e. The van der Waals surface area contributed by atoms with Crippen LogP contribution in [0.4, 0.5) is 5.69 Å². The first-order valence-corrected chi connectivity index (χ1v) is 6.12. The molecule has 1 atom stereocenters. The molecule has 2 heteroatoms. The summed E-state index contributed by atoms with van der Waals surface area (Å²) in [4.78, 5) is 11.9. The summed E-state index contributed by atoms with van der Waals surface area (Å²) in [5, 5.41) is 2.91. The molecule has 86 valence electrons. The van der Waals surface area contributed by atoms with Gasteiger partial charge in [-0.05, 0) is 31.2 Å². The molecular weight excluding hydrogens is 210 g/mol. The topological polar surface area (TPSA) is 29.1 Å². The number of fused-ring (bicyclic) bond motifs is 1. The van der Waals surface area contributed by atoms with Crippen molar-refractivity contribution >= 4 is 17.2 Å². The second-order valence-corrected chi connectivity index (χ2v) is 4.62. The highest BCUT2D eigenvalue weighted by Crippen LogP contribution is 2.33. The largest absolute Gasteiger partial charge is 0.321 e. The molecule has 0 saturated heterocycles. The zero-order valence-electron chi connectivity index (χ0n) is 9.65. The Morgan fingerprint density at radius 2 is 2.12 bits per heavy atom. The van der Waals surface area contributed by atoms with Crippen LogP contribution >= 0.6 is 0 Å². The normalized spacial score (nSPS) is 24.8. The van der Waals surface area contributed by atoms with Crippen LogP contribution in [-0.4, -0.2) is 5.91 Å². The van der Waals surface area contributed by atoms with E-state index >= 15 is 0 Å². The molecule has 0 fully saturated rings. The number of allylic oxidation sites excluding steroid dienone is 3. The molecule has 0 aromatic heterocycles. The monoisotopic (exact) mass is 225 g/mol. The minimum atomic E-state index is 0.0424. The lowest BCUT2D eigenvalue weighted by Gasteiger charge is -2.13. The fourth-order valence-corrected chi connectivity index (χ4v) is 2.51. The maximum absolute atomic E-state index is 11.9. The fourth-order valence-electron chi connectivity index (χ4n) is 2.51. The lowest BCUT2D eigenvalue weighted by Crippen LogP contribution is -2.06. The maximum Gasteiger partial charge on any atom is 0.256 e. The van der Waals surface area contributed by atoms with Gasteiger partial charge in [0.05, 0.1) is 0 Å². The Bertz CT molecular complexity index is 513. The maximum atomic E-state index is 11.9. The Hall–Kier alpha value is -1.83. The molecule has 1 N–H and O–H groups in total. The van der Waals surface area contributed by atoms with E-state index in [2.05, 4.69) is 23.5 Å². The summed E-state index contributed by atoms with van der Waals surface area (Å²) in [6.07, 6.45) is 9.90. The quantitative estimate of drug-likeness (QED) is 0.576. The van der Waals surface area contributed by atoms with Crippen LogP contribution < -0.4 is 5.32 Å². The van der Waals surface area contributed by atoms with Crippen LogP contribution in [0.3, 0.4) is 0 Å². The number of carbonyl (C=O) groups excluding carboxylic acids is 1. The lowest BCUT2D eigenvalue weighted by atomic mass is 9.91. The van der Waals surface area contributed by atoms with E-state index in [1.54, 1.807) is 0 Å². The van der Waals surface area contributed by atoms with Gasteiger partial charge in [-0.1, -0.05) is 36.4 Å². The predicted octanol–water partition coefficient (Wildman–Crippen LogP) is 3.38. The van der Waals surface area contributed by atoms with Crippen LogP contribution in [0.2, 0.25) is 0 Å². The third-order valence-electron chi connectivity index (χ3n) is 3.42. The predicted molar refractivity (Wildman–Crippen MR) is 69.5 cm³/mol. The highest BCUT2D eigenvalue weighted by atomic mass is 16.2. The zero-order chi connectivity index (χ0) is 11.7. The summed E-state index contributed by atoms with van der Waals surface area (Å²) in [6, 6.07) is 7.89. The Balaban J connectivity index is 1.95. The first-order valence-electron chi connectivity index (χ1n) is 6.12. The molecule has 3 rings (SSSR count). The van der Waals surface area contributed by atoms with Crippen LogP contribution in [0.25, 0.3) is 5.57 Å². The summed E-state index contributed by atoms with van der Waals surface area (Å²) in [7, 11) is 0. The number of nitrogens with one attached hydrogen (secondary N) is 1. The number of para-hydroxylation sites is 1. The van der Waals surface area contributed by atoms with Gasteiger partial charge in [-0.3, -0.25) is 4.79 Å². The standard InChI is InChI=1S/C15H15NO/c17-15-13(10-11-6-2-1-3-7-11)12-8-4-5-9-14(12)16-15/h1-2,4-5,8-11H,3,6-7H2,(H,16,17)/b13-10-. The van der Waals surface area contributed by atoms with Crippen molar-refractivity contribution in [3.8, 4) is 0 Å². The highest BCUT2D eigenvalue weighted by molar-refractivity contribution is 6.31. The molecule has 1 amide bonds. The number of amides is 1. The summed E-state index contributed by atoms with van der Waals surface area (Å²) in [5.74, 6) is 0.549. The molecule has 1 aromatic carbocycles. The van der Waals surface area contributed by atoms with Crippen LogP contribution in [0.15, 0.2) is 42.5 Å². The molecule has 1 aliphatic heterocycles. The Labute approximate surface area is 101 Å². The summed E-state index contributed by atoms with van der Waals surface area (Å²) in [6.45, 7) is 0. The Kier molecular flexibility index (Phi) is 2.56. The average molecular weight is 225 g/mol. The molecule has 1 heterocycles. The minimum absolute atomic E-state index is 0.0424. The van der Waals surface area contributed by atoms with Gasteiger partial charge >= 0.3 is 0 Å².